The quantitative estimate of drug-likeness (QED) is 0.480. The predicted octanol–water partition coefficient (Wildman–Crippen LogP) is 4.76. The van der Waals surface area contributed by atoms with Crippen molar-refractivity contribution < 1.29 is 9.53 Å². The van der Waals surface area contributed by atoms with E-state index in [0.717, 1.165) is 11.4 Å². The van der Waals surface area contributed by atoms with Crippen molar-refractivity contribution in [3.05, 3.63) is 78.4 Å². The third kappa shape index (κ3) is 4.56. The third-order valence-electron chi connectivity index (χ3n) is 6.63. The zero-order valence-electron chi connectivity index (χ0n) is 19.2. The van der Waals surface area contributed by atoms with E-state index < -0.39 is 0 Å². The summed E-state index contributed by atoms with van der Waals surface area (Å²) in [5.41, 5.74) is 3.83. The number of methoxy groups -OCH3 is 1. The van der Waals surface area contributed by atoms with Crippen molar-refractivity contribution >= 4 is 34.6 Å². The summed E-state index contributed by atoms with van der Waals surface area (Å²) in [6.07, 6.45) is 11.4. The van der Waals surface area contributed by atoms with Gasteiger partial charge in [0.2, 0.25) is 5.91 Å². The number of ether oxygens (including phenoxy) is 1. The molecule has 1 aromatic carbocycles. The highest BCUT2D eigenvalue weighted by Gasteiger charge is 2.41. The molecule has 8 heteroatoms. The molecule has 176 valence electrons. The SMILES string of the molecule is COCC(=O)Nc1ccc(N2C(=S)N[C@@H](c3ccccn3)[C@H]2c2ccn(C3CCCC3)c2)cc1. The maximum atomic E-state index is 11.9. The number of pyridine rings is 1. The van der Waals surface area contributed by atoms with Gasteiger partial charge in [-0.25, -0.2) is 0 Å². The largest absolute Gasteiger partial charge is 0.375 e. The first kappa shape index (κ1) is 22.6. The first-order chi connectivity index (χ1) is 16.6. The molecular formula is C26H29N5O2S. The zero-order valence-corrected chi connectivity index (χ0v) is 20.0. The number of rotatable bonds is 7. The number of nitrogens with one attached hydrogen (secondary N) is 2. The van der Waals surface area contributed by atoms with Crippen LogP contribution in [-0.4, -0.2) is 34.3 Å². The van der Waals surface area contributed by atoms with Crippen LogP contribution in [0.3, 0.4) is 0 Å². The normalized spacial score (nSPS) is 20.5. The molecule has 1 saturated carbocycles. The van der Waals surface area contributed by atoms with Crippen LogP contribution in [0.15, 0.2) is 67.1 Å². The number of hydrogen-bond donors (Lipinski definition) is 2. The Bertz CT molecular complexity index is 1140. The van der Waals surface area contributed by atoms with Gasteiger partial charge in [-0.3, -0.25) is 9.78 Å². The van der Waals surface area contributed by atoms with Crippen molar-refractivity contribution in [2.24, 2.45) is 0 Å². The van der Waals surface area contributed by atoms with E-state index in [4.69, 9.17) is 17.0 Å². The minimum absolute atomic E-state index is 0.0215. The van der Waals surface area contributed by atoms with E-state index in [1.807, 2.05) is 48.7 Å². The van der Waals surface area contributed by atoms with E-state index in [2.05, 4.69) is 43.5 Å². The van der Waals surface area contributed by atoms with E-state index in [-0.39, 0.29) is 24.6 Å². The van der Waals surface area contributed by atoms with E-state index in [1.54, 1.807) is 0 Å². The summed E-state index contributed by atoms with van der Waals surface area (Å²) < 4.78 is 7.26. The molecule has 34 heavy (non-hydrogen) atoms. The first-order valence-corrected chi connectivity index (χ1v) is 12.1. The summed E-state index contributed by atoms with van der Waals surface area (Å²) in [6, 6.07) is 16.4. The first-order valence-electron chi connectivity index (χ1n) is 11.7. The number of anilines is 2. The molecule has 7 nitrogen and oxygen atoms in total. The summed E-state index contributed by atoms with van der Waals surface area (Å²) in [6.45, 7) is 0.0215. The standard InChI is InChI=1S/C26H29N5O2S/c1-33-17-23(32)28-19-9-11-21(12-10-19)31-25(18-13-15-30(16-18)20-6-2-3-7-20)24(29-26(31)34)22-8-4-5-14-27-22/h4-5,8-16,20,24-25H,2-3,6-7,17H2,1H3,(H,28,32)(H,29,34)/t24-,25+/m0/s1. The minimum Gasteiger partial charge on any atom is -0.375 e. The molecule has 2 N–H and O–H groups in total. The Morgan fingerprint density at radius 3 is 2.68 bits per heavy atom. The zero-order chi connectivity index (χ0) is 23.5. The Morgan fingerprint density at radius 2 is 1.97 bits per heavy atom. The number of hydrogen-bond acceptors (Lipinski definition) is 4. The molecule has 2 atom stereocenters. The topological polar surface area (TPSA) is 71.4 Å². The second-order valence-corrected chi connectivity index (χ2v) is 9.24. The van der Waals surface area contributed by atoms with Gasteiger partial charge in [-0.1, -0.05) is 18.9 Å². The molecule has 2 aliphatic rings. The average Bonchev–Trinajstić information content (AvgIpc) is 3.60. The minimum atomic E-state index is -0.185. The summed E-state index contributed by atoms with van der Waals surface area (Å²) in [4.78, 5) is 18.7. The van der Waals surface area contributed by atoms with E-state index in [9.17, 15) is 4.79 Å². The van der Waals surface area contributed by atoms with Gasteiger partial charge in [-0.2, -0.15) is 0 Å². The number of nitrogens with zero attached hydrogens (tertiary/aromatic N) is 3. The van der Waals surface area contributed by atoms with Gasteiger partial charge in [0.25, 0.3) is 0 Å². The summed E-state index contributed by atoms with van der Waals surface area (Å²) in [5, 5.41) is 7.01. The highest BCUT2D eigenvalue weighted by Crippen LogP contribution is 2.42. The van der Waals surface area contributed by atoms with Crippen LogP contribution in [0.25, 0.3) is 0 Å². The van der Waals surface area contributed by atoms with Gasteiger partial charge in [-0.05, 0) is 73.1 Å². The second kappa shape index (κ2) is 9.95. The van der Waals surface area contributed by atoms with E-state index >= 15 is 0 Å². The monoisotopic (exact) mass is 475 g/mol. The Morgan fingerprint density at radius 1 is 1.18 bits per heavy atom. The molecule has 1 aliphatic heterocycles. The Labute approximate surface area is 205 Å². The lowest BCUT2D eigenvalue weighted by Gasteiger charge is -2.27. The van der Waals surface area contributed by atoms with Crippen molar-refractivity contribution in [3.8, 4) is 0 Å². The molecule has 0 unspecified atom stereocenters. The molecule has 1 amide bonds. The fourth-order valence-corrected chi connectivity index (χ4v) is 5.39. The lowest BCUT2D eigenvalue weighted by molar-refractivity contribution is -0.119. The molecule has 1 saturated heterocycles. The average molecular weight is 476 g/mol. The summed E-state index contributed by atoms with van der Waals surface area (Å²) >= 11 is 5.82. The maximum absolute atomic E-state index is 11.9. The van der Waals surface area contributed by atoms with Crippen LogP contribution in [-0.2, 0) is 9.53 Å². The molecule has 3 heterocycles. The van der Waals surface area contributed by atoms with Crippen LogP contribution in [0.2, 0.25) is 0 Å². The van der Waals surface area contributed by atoms with Gasteiger partial charge in [0, 0.05) is 43.1 Å². The fourth-order valence-electron chi connectivity index (χ4n) is 5.04. The molecule has 1 aliphatic carbocycles. The van der Waals surface area contributed by atoms with Crippen molar-refractivity contribution in [2.75, 3.05) is 23.9 Å². The smallest absolute Gasteiger partial charge is 0.250 e. The van der Waals surface area contributed by atoms with Crippen molar-refractivity contribution in [1.29, 1.82) is 0 Å². The molecule has 2 fully saturated rings. The molecule has 5 rings (SSSR count). The number of aromatic nitrogens is 2. The predicted molar refractivity (Wildman–Crippen MR) is 137 cm³/mol. The molecule has 2 aromatic heterocycles. The molecule has 3 aromatic rings. The maximum Gasteiger partial charge on any atom is 0.250 e. The van der Waals surface area contributed by atoms with E-state index in [1.165, 1.54) is 38.4 Å². The second-order valence-electron chi connectivity index (χ2n) is 8.85. The summed E-state index contributed by atoms with van der Waals surface area (Å²) in [5.74, 6) is -0.185. The molecule has 0 spiro atoms. The van der Waals surface area contributed by atoms with Crippen molar-refractivity contribution in [2.45, 2.75) is 43.8 Å². The van der Waals surface area contributed by atoms with Gasteiger partial charge >= 0.3 is 0 Å². The summed E-state index contributed by atoms with van der Waals surface area (Å²) in [7, 11) is 1.50. The van der Waals surface area contributed by atoms with Gasteiger partial charge < -0.3 is 24.8 Å². The highest BCUT2D eigenvalue weighted by atomic mass is 32.1. The van der Waals surface area contributed by atoms with Gasteiger partial charge in [0.15, 0.2) is 5.11 Å². The molecular weight excluding hydrogens is 446 g/mol. The number of benzene rings is 1. The fraction of sp³-hybridized carbons (Fsp3) is 0.346. The van der Waals surface area contributed by atoms with Gasteiger partial charge in [0.05, 0.1) is 17.8 Å². The lowest BCUT2D eigenvalue weighted by atomic mass is 9.98. The number of thiocarbonyl (C=S) groups is 1. The number of carbonyl (C=O) groups is 1. The van der Waals surface area contributed by atoms with Crippen LogP contribution in [0.4, 0.5) is 11.4 Å². The van der Waals surface area contributed by atoms with Crippen LogP contribution < -0.4 is 15.5 Å². The van der Waals surface area contributed by atoms with Crippen LogP contribution in [0, 0.1) is 0 Å². The molecule has 0 radical (unpaired) electrons. The van der Waals surface area contributed by atoms with Gasteiger partial charge in [-0.15, -0.1) is 0 Å². The number of carbonyl (C=O) groups excluding carboxylic acids is 1. The molecule has 0 bridgehead atoms. The van der Waals surface area contributed by atoms with Crippen molar-refractivity contribution in [3.63, 3.8) is 0 Å². The highest BCUT2D eigenvalue weighted by molar-refractivity contribution is 7.80. The van der Waals surface area contributed by atoms with Crippen LogP contribution in [0.5, 0.6) is 0 Å². The van der Waals surface area contributed by atoms with Crippen LogP contribution in [0.1, 0.15) is 55.1 Å². The third-order valence-corrected chi connectivity index (χ3v) is 6.94. The Kier molecular flexibility index (Phi) is 6.60. The van der Waals surface area contributed by atoms with Crippen LogP contribution >= 0.6 is 12.2 Å². The van der Waals surface area contributed by atoms with Crippen molar-refractivity contribution in [1.82, 2.24) is 14.9 Å². The lowest BCUT2D eigenvalue weighted by Crippen LogP contribution is -2.29. The Hall–Kier alpha value is -3.23. The number of amides is 1. The van der Waals surface area contributed by atoms with E-state index in [0.29, 0.717) is 16.8 Å². The van der Waals surface area contributed by atoms with Gasteiger partial charge in [0.1, 0.15) is 6.61 Å². The Balaban J connectivity index is 1.47.